The van der Waals surface area contributed by atoms with Crippen LogP contribution in [0, 0.1) is 0 Å². The van der Waals surface area contributed by atoms with E-state index in [2.05, 4.69) is 29.1 Å². The molecule has 106 valence electrons. The van der Waals surface area contributed by atoms with Crippen LogP contribution in [0.3, 0.4) is 0 Å². The van der Waals surface area contributed by atoms with E-state index in [1.165, 1.54) is 11.3 Å². The van der Waals surface area contributed by atoms with Crippen LogP contribution in [0.25, 0.3) is 10.9 Å². The highest BCUT2D eigenvalue weighted by molar-refractivity contribution is 7.15. The van der Waals surface area contributed by atoms with E-state index in [-0.39, 0.29) is 5.91 Å². The summed E-state index contributed by atoms with van der Waals surface area (Å²) in [4.78, 5) is 21.9. The van der Waals surface area contributed by atoms with Gasteiger partial charge in [0.25, 0.3) is 5.91 Å². The van der Waals surface area contributed by atoms with E-state index >= 15 is 0 Å². The van der Waals surface area contributed by atoms with E-state index < -0.39 is 0 Å². The highest BCUT2D eigenvalue weighted by atomic mass is 32.1. The first-order valence-corrected chi connectivity index (χ1v) is 7.57. The number of nitrogens with one attached hydrogen (secondary N) is 1. The third-order valence-electron chi connectivity index (χ3n) is 3.18. The third-order valence-corrected chi connectivity index (χ3v) is 4.39. The molecule has 0 radical (unpaired) electrons. The number of fused-ring (bicyclic) bond motifs is 1. The summed E-state index contributed by atoms with van der Waals surface area (Å²) >= 11 is 1.51. The number of aromatic nitrogens is 2. The molecule has 0 saturated carbocycles. The molecule has 0 fully saturated rings. The van der Waals surface area contributed by atoms with Gasteiger partial charge in [0, 0.05) is 28.2 Å². The Morgan fingerprint density at radius 2 is 2.10 bits per heavy atom. The fourth-order valence-corrected chi connectivity index (χ4v) is 2.81. The molecule has 5 heteroatoms. The van der Waals surface area contributed by atoms with Crippen molar-refractivity contribution < 1.29 is 4.79 Å². The standard InChI is InChI=1S/C16H15N3OS/c1-10(2)14-9-18-16(21-14)19-15(20)12-5-6-13-11(8-12)4-3-7-17-13/h3-10H,1-2H3,(H,18,19,20). The van der Waals surface area contributed by atoms with Crippen molar-refractivity contribution in [2.45, 2.75) is 19.8 Å². The summed E-state index contributed by atoms with van der Waals surface area (Å²) in [6, 6.07) is 9.28. The first-order valence-electron chi connectivity index (χ1n) is 6.75. The van der Waals surface area contributed by atoms with Gasteiger partial charge in [0.2, 0.25) is 0 Å². The minimum absolute atomic E-state index is 0.148. The van der Waals surface area contributed by atoms with Gasteiger partial charge in [-0.2, -0.15) is 0 Å². The number of hydrogen-bond donors (Lipinski definition) is 1. The van der Waals surface area contributed by atoms with Gasteiger partial charge in [-0.1, -0.05) is 19.9 Å². The second-order valence-electron chi connectivity index (χ2n) is 5.09. The summed E-state index contributed by atoms with van der Waals surface area (Å²) < 4.78 is 0. The Labute approximate surface area is 126 Å². The summed E-state index contributed by atoms with van der Waals surface area (Å²) in [7, 11) is 0. The van der Waals surface area contributed by atoms with E-state index in [9.17, 15) is 4.79 Å². The lowest BCUT2D eigenvalue weighted by Gasteiger charge is -2.03. The van der Waals surface area contributed by atoms with Crippen LogP contribution in [-0.2, 0) is 0 Å². The second kappa shape index (κ2) is 5.61. The van der Waals surface area contributed by atoms with Crippen molar-refractivity contribution in [1.82, 2.24) is 9.97 Å². The Hall–Kier alpha value is -2.27. The summed E-state index contributed by atoms with van der Waals surface area (Å²) in [5, 5.41) is 4.43. The van der Waals surface area contributed by atoms with Gasteiger partial charge < -0.3 is 0 Å². The van der Waals surface area contributed by atoms with Crippen LogP contribution in [0.4, 0.5) is 5.13 Å². The molecule has 0 spiro atoms. The zero-order chi connectivity index (χ0) is 14.8. The van der Waals surface area contributed by atoms with Gasteiger partial charge in [0.1, 0.15) is 0 Å². The molecule has 21 heavy (non-hydrogen) atoms. The zero-order valence-corrected chi connectivity index (χ0v) is 12.6. The van der Waals surface area contributed by atoms with Crippen LogP contribution < -0.4 is 5.32 Å². The van der Waals surface area contributed by atoms with Gasteiger partial charge in [-0.3, -0.25) is 15.1 Å². The van der Waals surface area contributed by atoms with Crippen LogP contribution >= 0.6 is 11.3 Å². The van der Waals surface area contributed by atoms with Crippen molar-refractivity contribution in [3.63, 3.8) is 0 Å². The number of anilines is 1. The third kappa shape index (κ3) is 2.92. The van der Waals surface area contributed by atoms with Crippen LogP contribution in [0.2, 0.25) is 0 Å². The van der Waals surface area contributed by atoms with Gasteiger partial charge in [0.05, 0.1) is 5.52 Å². The minimum Gasteiger partial charge on any atom is -0.298 e. The van der Waals surface area contributed by atoms with E-state index in [0.717, 1.165) is 15.8 Å². The van der Waals surface area contributed by atoms with Crippen molar-refractivity contribution in [3.05, 3.63) is 53.2 Å². The molecule has 0 aliphatic heterocycles. The Balaban J connectivity index is 1.82. The van der Waals surface area contributed by atoms with Crippen LogP contribution in [0.5, 0.6) is 0 Å². The molecule has 4 nitrogen and oxygen atoms in total. The summed E-state index contributed by atoms with van der Waals surface area (Å²) in [5.74, 6) is 0.269. The van der Waals surface area contributed by atoms with Crippen molar-refractivity contribution in [2.75, 3.05) is 5.32 Å². The average molecular weight is 297 g/mol. The number of rotatable bonds is 3. The molecule has 0 saturated heterocycles. The molecule has 2 aromatic heterocycles. The Bertz CT molecular complexity index is 795. The van der Waals surface area contributed by atoms with Gasteiger partial charge in [-0.15, -0.1) is 11.3 Å². The summed E-state index contributed by atoms with van der Waals surface area (Å²) in [6.45, 7) is 4.21. The summed E-state index contributed by atoms with van der Waals surface area (Å²) in [5.41, 5.74) is 1.49. The highest BCUT2D eigenvalue weighted by Crippen LogP contribution is 2.25. The fourth-order valence-electron chi connectivity index (χ4n) is 2.00. The van der Waals surface area contributed by atoms with Gasteiger partial charge >= 0.3 is 0 Å². The van der Waals surface area contributed by atoms with Gasteiger partial charge in [-0.05, 0) is 30.2 Å². The molecule has 0 atom stereocenters. The minimum atomic E-state index is -0.148. The second-order valence-corrected chi connectivity index (χ2v) is 6.15. The fraction of sp³-hybridized carbons (Fsp3) is 0.188. The van der Waals surface area contributed by atoms with E-state index in [4.69, 9.17) is 0 Å². The number of carbonyl (C=O) groups is 1. The molecule has 0 aliphatic rings. The van der Waals surface area contributed by atoms with Crippen LogP contribution in [-0.4, -0.2) is 15.9 Å². The maximum atomic E-state index is 12.3. The van der Waals surface area contributed by atoms with E-state index in [1.54, 1.807) is 12.3 Å². The molecule has 0 unspecified atom stereocenters. The Morgan fingerprint density at radius 1 is 1.24 bits per heavy atom. The molecule has 0 aliphatic carbocycles. The van der Waals surface area contributed by atoms with Crippen LogP contribution in [0.1, 0.15) is 35.0 Å². The lowest BCUT2D eigenvalue weighted by Crippen LogP contribution is -2.11. The molecule has 1 aromatic carbocycles. The molecular formula is C16H15N3OS. The molecule has 2 heterocycles. The Morgan fingerprint density at radius 3 is 2.86 bits per heavy atom. The smallest absolute Gasteiger partial charge is 0.257 e. The largest absolute Gasteiger partial charge is 0.298 e. The Kier molecular flexibility index (Phi) is 3.66. The topological polar surface area (TPSA) is 54.9 Å². The van der Waals surface area contributed by atoms with E-state index in [1.807, 2.05) is 30.5 Å². The molecule has 1 amide bonds. The normalized spacial score (nSPS) is 11.0. The lowest BCUT2D eigenvalue weighted by molar-refractivity contribution is 0.102. The SMILES string of the molecule is CC(C)c1cnc(NC(=O)c2ccc3ncccc3c2)s1. The average Bonchev–Trinajstić information content (AvgIpc) is 2.95. The highest BCUT2D eigenvalue weighted by Gasteiger charge is 2.11. The number of amides is 1. The summed E-state index contributed by atoms with van der Waals surface area (Å²) in [6.07, 6.45) is 3.56. The number of thiazole rings is 1. The first-order chi connectivity index (χ1) is 10.1. The first kappa shape index (κ1) is 13.7. The van der Waals surface area contributed by atoms with Crippen molar-refractivity contribution >= 4 is 33.3 Å². The number of pyridine rings is 1. The number of benzene rings is 1. The van der Waals surface area contributed by atoms with Crippen molar-refractivity contribution in [3.8, 4) is 0 Å². The van der Waals surface area contributed by atoms with Crippen molar-refractivity contribution in [1.29, 1.82) is 0 Å². The predicted molar refractivity (Wildman–Crippen MR) is 85.9 cm³/mol. The zero-order valence-electron chi connectivity index (χ0n) is 11.8. The van der Waals surface area contributed by atoms with Crippen molar-refractivity contribution in [2.24, 2.45) is 0 Å². The molecule has 3 rings (SSSR count). The molecular weight excluding hydrogens is 282 g/mol. The maximum absolute atomic E-state index is 12.3. The maximum Gasteiger partial charge on any atom is 0.257 e. The number of carbonyl (C=O) groups excluding carboxylic acids is 1. The molecule has 0 bridgehead atoms. The monoisotopic (exact) mass is 297 g/mol. The van der Waals surface area contributed by atoms with Gasteiger partial charge in [0.15, 0.2) is 5.13 Å². The molecule has 3 aromatic rings. The number of nitrogens with zero attached hydrogens (tertiary/aromatic N) is 2. The van der Waals surface area contributed by atoms with Gasteiger partial charge in [-0.25, -0.2) is 4.98 Å². The quantitative estimate of drug-likeness (QED) is 0.793. The predicted octanol–water partition coefficient (Wildman–Crippen LogP) is 4.07. The van der Waals surface area contributed by atoms with E-state index in [0.29, 0.717) is 16.6 Å². The van der Waals surface area contributed by atoms with Crippen LogP contribution in [0.15, 0.2) is 42.7 Å². The lowest BCUT2D eigenvalue weighted by atomic mass is 10.1. The number of hydrogen-bond acceptors (Lipinski definition) is 4. The molecule has 1 N–H and O–H groups in total.